The summed E-state index contributed by atoms with van der Waals surface area (Å²) in [5.74, 6) is -0.432. The first-order valence-corrected chi connectivity index (χ1v) is 9.40. The Bertz CT molecular complexity index is 767. The van der Waals surface area contributed by atoms with Crippen LogP contribution in [0.25, 0.3) is 0 Å². The van der Waals surface area contributed by atoms with Gasteiger partial charge in [-0.05, 0) is 50.7 Å². The molecule has 154 valence electrons. The van der Waals surface area contributed by atoms with Gasteiger partial charge in [0, 0.05) is 19.6 Å². The normalized spacial score (nSPS) is 18.4. The Morgan fingerprint density at radius 3 is 2.39 bits per heavy atom. The number of hydrogen-bond donors (Lipinski definition) is 0. The Kier molecular flexibility index (Phi) is 5.34. The summed E-state index contributed by atoms with van der Waals surface area (Å²) in [6.45, 7) is 5.28. The van der Waals surface area contributed by atoms with Crippen LogP contribution in [-0.4, -0.2) is 47.0 Å². The van der Waals surface area contributed by atoms with Crippen molar-refractivity contribution in [1.29, 1.82) is 0 Å². The second-order valence-corrected chi connectivity index (χ2v) is 8.37. The second kappa shape index (κ2) is 7.29. The number of nitrogens with zero attached hydrogens (tertiary/aromatic N) is 2. The van der Waals surface area contributed by atoms with Gasteiger partial charge >= 0.3 is 12.3 Å². The summed E-state index contributed by atoms with van der Waals surface area (Å²) in [5, 5.41) is 0. The highest BCUT2D eigenvalue weighted by Crippen LogP contribution is 2.47. The lowest BCUT2D eigenvalue weighted by atomic mass is 9.96. The van der Waals surface area contributed by atoms with E-state index in [1.807, 2.05) is 0 Å². The molecule has 2 aliphatic rings. The van der Waals surface area contributed by atoms with Crippen LogP contribution >= 0.6 is 0 Å². The van der Waals surface area contributed by atoms with Gasteiger partial charge in [-0.2, -0.15) is 13.2 Å². The lowest BCUT2D eigenvalue weighted by molar-refractivity contribution is -0.141. The first-order chi connectivity index (χ1) is 13.0. The Labute approximate surface area is 162 Å². The van der Waals surface area contributed by atoms with Gasteiger partial charge in [0.25, 0.3) is 0 Å². The molecule has 1 aliphatic heterocycles. The largest absolute Gasteiger partial charge is 0.444 e. The molecule has 0 N–H and O–H groups in total. The van der Waals surface area contributed by atoms with Crippen LogP contribution in [0.5, 0.6) is 0 Å². The van der Waals surface area contributed by atoms with Crippen molar-refractivity contribution in [3.8, 4) is 0 Å². The van der Waals surface area contributed by atoms with E-state index in [4.69, 9.17) is 4.74 Å². The standard InChI is InChI=1S/C20H25F3N2O3/c1-19(2,3)28-18(27)25-10-9-24(16(26)12-25)11-14-5-4-6-15(13-7-8-13)17(14)20(21,22)23/h4-6,13H,7-12H2,1-3H3. The van der Waals surface area contributed by atoms with Crippen molar-refractivity contribution in [2.45, 2.75) is 57.9 Å². The number of carbonyl (C=O) groups is 2. The van der Waals surface area contributed by atoms with Crippen molar-refractivity contribution in [3.63, 3.8) is 0 Å². The highest BCUT2D eigenvalue weighted by atomic mass is 19.4. The van der Waals surface area contributed by atoms with E-state index < -0.39 is 23.4 Å². The molecular formula is C20H25F3N2O3. The van der Waals surface area contributed by atoms with Crippen molar-refractivity contribution in [3.05, 3.63) is 34.9 Å². The third-order valence-corrected chi connectivity index (χ3v) is 4.82. The summed E-state index contributed by atoms with van der Waals surface area (Å²) in [6, 6.07) is 4.59. The SMILES string of the molecule is CC(C)(C)OC(=O)N1CCN(Cc2cccc(C3CC3)c2C(F)(F)F)C(=O)C1. The van der Waals surface area contributed by atoms with E-state index in [0.717, 1.165) is 12.8 Å². The maximum atomic E-state index is 13.7. The summed E-state index contributed by atoms with van der Waals surface area (Å²) < 4.78 is 46.4. The molecule has 3 rings (SSSR count). The van der Waals surface area contributed by atoms with E-state index in [-0.39, 0.29) is 43.6 Å². The van der Waals surface area contributed by atoms with Gasteiger partial charge in [0.15, 0.2) is 0 Å². The molecule has 0 bridgehead atoms. The summed E-state index contributed by atoms with van der Waals surface area (Å²) >= 11 is 0. The highest BCUT2D eigenvalue weighted by Gasteiger charge is 2.41. The number of hydrogen-bond acceptors (Lipinski definition) is 3. The van der Waals surface area contributed by atoms with Crippen LogP contribution in [0.4, 0.5) is 18.0 Å². The minimum Gasteiger partial charge on any atom is -0.444 e. The van der Waals surface area contributed by atoms with Crippen LogP contribution in [0.3, 0.4) is 0 Å². The fourth-order valence-corrected chi connectivity index (χ4v) is 3.40. The van der Waals surface area contributed by atoms with E-state index in [1.165, 1.54) is 21.9 Å². The fourth-order valence-electron chi connectivity index (χ4n) is 3.40. The van der Waals surface area contributed by atoms with Crippen molar-refractivity contribution >= 4 is 12.0 Å². The van der Waals surface area contributed by atoms with Crippen molar-refractivity contribution < 1.29 is 27.5 Å². The summed E-state index contributed by atoms with van der Waals surface area (Å²) in [7, 11) is 0. The molecule has 1 heterocycles. The molecule has 28 heavy (non-hydrogen) atoms. The molecule has 0 radical (unpaired) electrons. The molecule has 1 aromatic carbocycles. The lowest BCUT2D eigenvalue weighted by Crippen LogP contribution is -2.52. The number of rotatable bonds is 3. The van der Waals surface area contributed by atoms with Gasteiger partial charge in [-0.1, -0.05) is 18.2 Å². The van der Waals surface area contributed by atoms with Gasteiger partial charge in [-0.25, -0.2) is 4.79 Å². The van der Waals surface area contributed by atoms with E-state index in [1.54, 1.807) is 26.8 Å². The molecule has 0 aromatic heterocycles. The summed E-state index contributed by atoms with van der Waals surface area (Å²) in [4.78, 5) is 27.3. The Hall–Kier alpha value is -2.25. The minimum atomic E-state index is -4.46. The number of piperazine rings is 1. The smallest absolute Gasteiger partial charge is 0.417 e. The molecule has 8 heteroatoms. The quantitative estimate of drug-likeness (QED) is 0.768. The molecular weight excluding hydrogens is 373 g/mol. The molecule has 2 fully saturated rings. The first kappa shape index (κ1) is 20.5. The van der Waals surface area contributed by atoms with Gasteiger partial charge in [0.05, 0.1) is 5.56 Å². The average molecular weight is 398 g/mol. The van der Waals surface area contributed by atoms with Crippen LogP contribution in [0.2, 0.25) is 0 Å². The first-order valence-electron chi connectivity index (χ1n) is 9.40. The van der Waals surface area contributed by atoms with Gasteiger partial charge in [0.1, 0.15) is 12.1 Å². The number of benzene rings is 1. The molecule has 1 aliphatic carbocycles. The van der Waals surface area contributed by atoms with Gasteiger partial charge in [-0.15, -0.1) is 0 Å². The molecule has 0 unspecified atom stereocenters. The zero-order chi connectivity index (χ0) is 20.7. The van der Waals surface area contributed by atoms with Crippen molar-refractivity contribution in [2.24, 2.45) is 0 Å². The molecule has 2 amide bonds. The summed E-state index contributed by atoms with van der Waals surface area (Å²) in [6.07, 6.45) is -3.53. The number of alkyl halides is 3. The molecule has 5 nitrogen and oxygen atoms in total. The van der Waals surface area contributed by atoms with E-state index in [0.29, 0.717) is 5.56 Å². The Morgan fingerprint density at radius 1 is 1.18 bits per heavy atom. The van der Waals surface area contributed by atoms with Gasteiger partial charge in [-0.3, -0.25) is 9.69 Å². The molecule has 1 saturated carbocycles. The highest BCUT2D eigenvalue weighted by molar-refractivity contribution is 5.83. The number of halogens is 3. The van der Waals surface area contributed by atoms with E-state index in [9.17, 15) is 22.8 Å². The molecule has 1 saturated heterocycles. The predicted octanol–water partition coefficient (Wildman–Crippen LogP) is 4.16. The monoisotopic (exact) mass is 398 g/mol. The third kappa shape index (κ3) is 4.77. The van der Waals surface area contributed by atoms with E-state index >= 15 is 0 Å². The topological polar surface area (TPSA) is 49.9 Å². The molecule has 0 atom stereocenters. The van der Waals surface area contributed by atoms with Gasteiger partial charge < -0.3 is 9.64 Å². The zero-order valence-corrected chi connectivity index (χ0v) is 16.3. The lowest BCUT2D eigenvalue weighted by Gasteiger charge is -2.35. The molecule has 1 aromatic rings. The Balaban J connectivity index is 1.73. The van der Waals surface area contributed by atoms with Crippen molar-refractivity contribution in [2.75, 3.05) is 19.6 Å². The second-order valence-electron chi connectivity index (χ2n) is 8.37. The fraction of sp³-hybridized carbons (Fsp3) is 0.600. The third-order valence-electron chi connectivity index (χ3n) is 4.82. The van der Waals surface area contributed by atoms with Crippen LogP contribution in [0.15, 0.2) is 18.2 Å². The van der Waals surface area contributed by atoms with Crippen LogP contribution in [-0.2, 0) is 22.3 Å². The minimum absolute atomic E-state index is 0.0451. The number of carbonyl (C=O) groups excluding carboxylic acids is 2. The predicted molar refractivity (Wildman–Crippen MR) is 96.6 cm³/mol. The maximum absolute atomic E-state index is 13.7. The number of amides is 2. The van der Waals surface area contributed by atoms with Crippen LogP contribution in [0.1, 0.15) is 56.2 Å². The average Bonchev–Trinajstić information content (AvgIpc) is 3.38. The van der Waals surface area contributed by atoms with Crippen molar-refractivity contribution in [1.82, 2.24) is 9.80 Å². The number of ether oxygens (including phenoxy) is 1. The molecule has 0 spiro atoms. The maximum Gasteiger partial charge on any atom is 0.417 e. The summed E-state index contributed by atoms with van der Waals surface area (Å²) in [5.41, 5.74) is -0.858. The Morgan fingerprint density at radius 2 is 1.86 bits per heavy atom. The van der Waals surface area contributed by atoms with E-state index in [2.05, 4.69) is 0 Å². The zero-order valence-electron chi connectivity index (χ0n) is 16.3. The van der Waals surface area contributed by atoms with Crippen LogP contribution < -0.4 is 0 Å². The van der Waals surface area contributed by atoms with Crippen LogP contribution in [0, 0.1) is 0 Å². The van der Waals surface area contributed by atoms with Gasteiger partial charge in [0.2, 0.25) is 5.91 Å².